The first-order chi connectivity index (χ1) is 10.3. The van der Waals surface area contributed by atoms with Gasteiger partial charge in [0.25, 0.3) is 5.56 Å². The summed E-state index contributed by atoms with van der Waals surface area (Å²) in [5, 5.41) is 0.932. The second-order valence-electron chi connectivity index (χ2n) is 5.86. The molecule has 0 atom stereocenters. The van der Waals surface area contributed by atoms with Gasteiger partial charge in [-0.3, -0.25) is 9.36 Å². The van der Waals surface area contributed by atoms with Crippen molar-refractivity contribution >= 4 is 45.5 Å². The molecule has 2 aliphatic rings. The first-order valence-electron chi connectivity index (χ1n) is 7.62. The summed E-state index contributed by atoms with van der Waals surface area (Å²) in [7, 11) is 0. The zero-order valence-corrected chi connectivity index (χ0v) is 14.3. The highest BCUT2D eigenvalue weighted by molar-refractivity contribution is 7.99. The summed E-state index contributed by atoms with van der Waals surface area (Å²) < 4.78 is 2.49. The van der Waals surface area contributed by atoms with E-state index in [0.717, 1.165) is 47.4 Å². The molecule has 0 radical (unpaired) electrons. The lowest BCUT2D eigenvalue weighted by Gasteiger charge is -2.23. The molecule has 1 aliphatic heterocycles. The molecule has 1 N–H and O–H groups in total. The van der Waals surface area contributed by atoms with Gasteiger partial charge in [-0.1, -0.05) is 0 Å². The van der Waals surface area contributed by atoms with Gasteiger partial charge in [-0.25, -0.2) is 0 Å². The van der Waals surface area contributed by atoms with Crippen molar-refractivity contribution in [1.82, 2.24) is 9.55 Å². The van der Waals surface area contributed by atoms with E-state index in [1.54, 1.807) is 11.3 Å². The molecular weight excluding hydrogens is 320 g/mol. The third-order valence-corrected chi connectivity index (χ3v) is 7.15. The molecule has 3 nitrogen and oxygen atoms in total. The Morgan fingerprint density at radius 2 is 1.95 bits per heavy atom. The highest BCUT2D eigenvalue weighted by atomic mass is 32.2. The zero-order valence-electron chi connectivity index (χ0n) is 11.8. The lowest BCUT2D eigenvalue weighted by Crippen LogP contribution is -2.29. The van der Waals surface area contributed by atoms with Gasteiger partial charge in [0.1, 0.15) is 4.83 Å². The molecule has 0 aromatic carbocycles. The molecule has 21 heavy (non-hydrogen) atoms. The number of aromatic amines is 1. The van der Waals surface area contributed by atoms with Crippen LogP contribution in [0.1, 0.15) is 42.2 Å². The number of thioether (sulfide) groups is 1. The van der Waals surface area contributed by atoms with E-state index in [2.05, 4.69) is 4.98 Å². The number of aromatic nitrogens is 2. The number of H-pyrrole nitrogens is 1. The van der Waals surface area contributed by atoms with E-state index in [0.29, 0.717) is 4.77 Å². The lowest BCUT2D eigenvalue weighted by molar-refractivity contribution is 0.448. The Balaban J connectivity index is 1.95. The fraction of sp³-hybridized carbons (Fsp3) is 0.600. The average molecular weight is 339 g/mol. The van der Waals surface area contributed by atoms with Crippen molar-refractivity contribution in [2.24, 2.45) is 0 Å². The van der Waals surface area contributed by atoms with Crippen LogP contribution in [0.5, 0.6) is 0 Å². The molecule has 0 bridgehead atoms. The molecule has 1 saturated heterocycles. The minimum absolute atomic E-state index is 0.157. The fourth-order valence-corrected chi connectivity index (χ4v) is 6.29. The topological polar surface area (TPSA) is 37.8 Å². The molecule has 3 heterocycles. The molecule has 2 aromatic heterocycles. The van der Waals surface area contributed by atoms with Crippen LogP contribution in [-0.2, 0) is 12.8 Å². The molecule has 0 spiro atoms. The van der Waals surface area contributed by atoms with Gasteiger partial charge in [-0.15, -0.1) is 11.3 Å². The van der Waals surface area contributed by atoms with E-state index in [-0.39, 0.29) is 11.6 Å². The molecule has 2 aromatic rings. The van der Waals surface area contributed by atoms with Crippen LogP contribution in [0.15, 0.2) is 4.79 Å². The van der Waals surface area contributed by atoms with E-state index >= 15 is 0 Å². The number of fused-ring (bicyclic) bond motifs is 3. The van der Waals surface area contributed by atoms with Crippen molar-refractivity contribution < 1.29 is 0 Å². The summed E-state index contributed by atoms with van der Waals surface area (Å²) in [6.45, 7) is 0. The Labute approximate surface area is 136 Å². The van der Waals surface area contributed by atoms with Gasteiger partial charge < -0.3 is 4.98 Å². The van der Waals surface area contributed by atoms with Gasteiger partial charge in [0.05, 0.1) is 5.39 Å². The van der Waals surface area contributed by atoms with Crippen molar-refractivity contribution in [2.45, 2.75) is 44.6 Å². The second kappa shape index (κ2) is 5.56. The SMILES string of the molecule is O=c1c2c3c(sc2[nH]c(=S)n1C1CCSCC1)CCCC3. The number of nitrogens with zero attached hydrogens (tertiary/aromatic N) is 1. The van der Waals surface area contributed by atoms with Crippen molar-refractivity contribution in [1.29, 1.82) is 0 Å². The van der Waals surface area contributed by atoms with Crippen molar-refractivity contribution in [3.05, 3.63) is 25.6 Å². The van der Waals surface area contributed by atoms with Gasteiger partial charge in [-0.05, 0) is 67.8 Å². The predicted molar refractivity (Wildman–Crippen MR) is 93.5 cm³/mol. The van der Waals surface area contributed by atoms with Crippen LogP contribution < -0.4 is 5.56 Å². The summed E-state index contributed by atoms with van der Waals surface area (Å²) in [5.74, 6) is 2.26. The summed E-state index contributed by atoms with van der Waals surface area (Å²) >= 11 is 9.22. The Morgan fingerprint density at radius 3 is 2.76 bits per heavy atom. The summed E-state index contributed by atoms with van der Waals surface area (Å²) in [5.41, 5.74) is 1.46. The quantitative estimate of drug-likeness (QED) is 0.797. The van der Waals surface area contributed by atoms with Gasteiger partial charge in [0.2, 0.25) is 0 Å². The van der Waals surface area contributed by atoms with E-state index in [1.165, 1.54) is 23.3 Å². The van der Waals surface area contributed by atoms with Crippen LogP contribution >= 0.6 is 35.3 Å². The van der Waals surface area contributed by atoms with Crippen molar-refractivity contribution in [2.75, 3.05) is 11.5 Å². The normalized spacial score (nSPS) is 19.8. The van der Waals surface area contributed by atoms with Crippen LogP contribution in [0.3, 0.4) is 0 Å². The van der Waals surface area contributed by atoms with Gasteiger partial charge >= 0.3 is 0 Å². The molecular formula is C15H18N2OS3. The number of aryl methyl sites for hydroxylation is 2. The zero-order chi connectivity index (χ0) is 14.4. The Kier molecular flexibility index (Phi) is 3.71. The van der Waals surface area contributed by atoms with Gasteiger partial charge in [-0.2, -0.15) is 11.8 Å². The van der Waals surface area contributed by atoms with Crippen LogP contribution in [0.25, 0.3) is 10.2 Å². The van der Waals surface area contributed by atoms with E-state index in [9.17, 15) is 4.79 Å². The fourth-order valence-electron chi connectivity index (χ4n) is 3.53. The third-order valence-electron chi connectivity index (χ3n) is 4.60. The van der Waals surface area contributed by atoms with E-state index in [4.69, 9.17) is 12.2 Å². The molecule has 112 valence electrons. The molecule has 0 amide bonds. The van der Waals surface area contributed by atoms with Crippen LogP contribution in [0.2, 0.25) is 0 Å². The van der Waals surface area contributed by atoms with Crippen LogP contribution in [-0.4, -0.2) is 21.1 Å². The number of thiophene rings is 1. The number of hydrogen-bond donors (Lipinski definition) is 1. The molecule has 0 saturated carbocycles. The lowest BCUT2D eigenvalue weighted by atomic mass is 9.97. The first-order valence-corrected chi connectivity index (χ1v) is 10.0. The van der Waals surface area contributed by atoms with E-state index < -0.39 is 0 Å². The number of rotatable bonds is 1. The Morgan fingerprint density at radius 1 is 1.19 bits per heavy atom. The minimum atomic E-state index is 0.157. The number of nitrogens with one attached hydrogen (secondary N) is 1. The molecule has 1 aliphatic carbocycles. The summed E-state index contributed by atoms with van der Waals surface area (Å²) in [6.07, 6.45) is 6.73. The summed E-state index contributed by atoms with van der Waals surface area (Å²) in [4.78, 5) is 18.8. The molecule has 1 fully saturated rings. The smallest absolute Gasteiger partial charge is 0.263 e. The highest BCUT2D eigenvalue weighted by Gasteiger charge is 2.23. The predicted octanol–water partition coefficient (Wildman–Crippen LogP) is 4.07. The second-order valence-corrected chi connectivity index (χ2v) is 8.58. The van der Waals surface area contributed by atoms with Crippen LogP contribution in [0.4, 0.5) is 0 Å². The third kappa shape index (κ3) is 2.32. The number of hydrogen-bond acceptors (Lipinski definition) is 4. The molecule has 4 rings (SSSR count). The average Bonchev–Trinajstić information content (AvgIpc) is 2.86. The van der Waals surface area contributed by atoms with Crippen molar-refractivity contribution in [3.8, 4) is 0 Å². The molecule has 0 unspecified atom stereocenters. The van der Waals surface area contributed by atoms with Crippen molar-refractivity contribution in [3.63, 3.8) is 0 Å². The maximum Gasteiger partial charge on any atom is 0.263 e. The van der Waals surface area contributed by atoms with Gasteiger partial charge in [0.15, 0.2) is 4.77 Å². The van der Waals surface area contributed by atoms with E-state index in [1.807, 2.05) is 16.3 Å². The standard InChI is InChI=1S/C15H18N2OS3/c18-14-12-10-3-1-2-4-11(10)21-13(12)16-15(19)17(14)9-5-7-20-8-6-9/h9H,1-8H2,(H,16,19). The maximum absolute atomic E-state index is 13.1. The first kappa shape index (κ1) is 14.0. The Bertz CT molecular complexity index is 796. The Hall–Kier alpha value is -0.590. The largest absolute Gasteiger partial charge is 0.323 e. The molecule has 6 heteroatoms. The summed E-state index contributed by atoms with van der Waals surface area (Å²) in [6, 6.07) is 0.283. The van der Waals surface area contributed by atoms with Gasteiger partial charge in [0, 0.05) is 10.9 Å². The van der Waals surface area contributed by atoms with Crippen LogP contribution in [0, 0.1) is 4.77 Å². The maximum atomic E-state index is 13.1. The minimum Gasteiger partial charge on any atom is -0.323 e. The monoisotopic (exact) mass is 338 g/mol. The highest BCUT2D eigenvalue weighted by Crippen LogP contribution is 2.34.